The van der Waals surface area contributed by atoms with Crippen LogP contribution in [0.25, 0.3) is 0 Å². The zero-order valence-electron chi connectivity index (χ0n) is 12.4. The molecule has 0 bridgehead atoms. The van der Waals surface area contributed by atoms with Gasteiger partial charge in [0.25, 0.3) is 0 Å². The van der Waals surface area contributed by atoms with Crippen LogP contribution >= 0.6 is 11.8 Å². The molecular weight excluding hydrogens is 294 g/mol. The normalized spacial score (nSPS) is 17.2. The second-order valence-electron chi connectivity index (χ2n) is 5.88. The lowest BCUT2D eigenvalue weighted by Crippen LogP contribution is -2.18. The van der Waals surface area contributed by atoms with Crippen molar-refractivity contribution >= 4 is 23.4 Å². The van der Waals surface area contributed by atoms with Crippen LogP contribution in [0.5, 0.6) is 5.75 Å². The molecule has 2 aromatic rings. The number of benzene rings is 2. The molecule has 1 aliphatic carbocycles. The summed E-state index contributed by atoms with van der Waals surface area (Å²) < 4.78 is 5.17. The fourth-order valence-electron chi connectivity index (χ4n) is 3.01. The number of carbonyl (C=O) groups excluding carboxylic acids is 1. The number of methoxy groups -OCH3 is 1. The Balaban J connectivity index is 1.48. The van der Waals surface area contributed by atoms with E-state index in [1.165, 1.54) is 16.0 Å². The monoisotopic (exact) mass is 311 g/mol. The van der Waals surface area contributed by atoms with Crippen molar-refractivity contribution in [3.63, 3.8) is 0 Å². The lowest BCUT2D eigenvalue weighted by atomic mass is 9.98. The lowest BCUT2D eigenvalue weighted by Gasteiger charge is -2.07. The highest BCUT2D eigenvalue weighted by molar-refractivity contribution is 7.98. The smallest absolute Gasteiger partial charge is 0.235 e. The van der Waals surface area contributed by atoms with Gasteiger partial charge in [0.2, 0.25) is 5.91 Å². The predicted octanol–water partition coefficient (Wildman–Crippen LogP) is 3.97. The molecule has 1 aliphatic heterocycles. The molecule has 4 rings (SSSR count). The molecule has 3 nitrogen and oxygen atoms in total. The van der Waals surface area contributed by atoms with Crippen molar-refractivity contribution in [2.24, 2.45) is 0 Å². The minimum atomic E-state index is -0.186. The second kappa shape index (κ2) is 5.06. The number of carbonyl (C=O) groups is 1. The van der Waals surface area contributed by atoms with Crippen LogP contribution in [-0.2, 0) is 16.0 Å². The summed E-state index contributed by atoms with van der Waals surface area (Å²) in [5, 5.41) is 3.04. The van der Waals surface area contributed by atoms with Crippen LogP contribution in [0.3, 0.4) is 0 Å². The summed E-state index contributed by atoms with van der Waals surface area (Å²) in [6.45, 7) is 0. The van der Waals surface area contributed by atoms with Gasteiger partial charge in [0.05, 0.1) is 12.5 Å². The molecule has 4 heteroatoms. The molecule has 1 fully saturated rings. The fraction of sp³-hybridized carbons (Fsp3) is 0.278. The van der Waals surface area contributed by atoms with Gasteiger partial charge in [0.15, 0.2) is 0 Å². The van der Waals surface area contributed by atoms with Crippen LogP contribution in [0.2, 0.25) is 0 Å². The summed E-state index contributed by atoms with van der Waals surface area (Å²) >= 11 is 1.78. The highest BCUT2D eigenvalue weighted by Gasteiger charge is 2.56. The van der Waals surface area contributed by atoms with E-state index in [2.05, 4.69) is 35.6 Å². The third-order valence-corrected chi connectivity index (χ3v) is 5.57. The van der Waals surface area contributed by atoms with Crippen LogP contribution in [-0.4, -0.2) is 13.0 Å². The maximum absolute atomic E-state index is 12.0. The van der Waals surface area contributed by atoms with E-state index in [1.807, 2.05) is 12.1 Å². The van der Waals surface area contributed by atoms with E-state index in [1.54, 1.807) is 18.9 Å². The molecule has 1 N–H and O–H groups in total. The number of anilines is 1. The largest absolute Gasteiger partial charge is 0.497 e. The van der Waals surface area contributed by atoms with Gasteiger partial charge in [-0.3, -0.25) is 4.79 Å². The SMILES string of the molecule is COc1ccc(CSc2ccc3c(c2)NC(=O)C32CC2)cc1. The zero-order chi connectivity index (χ0) is 15.2. The van der Waals surface area contributed by atoms with E-state index < -0.39 is 0 Å². The number of hydrogen-bond donors (Lipinski definition) is 1. The quantitative estimate of drug-likeness (QED) is 0.868. The number of ether oxygens (including phenoxy) is 1. The van der Waals surface area contributed by atoms with Crippen LogP contribution in [0.1, 0.15) is 24.0 Å². The van der Waals surface area contributed by atoms with E-state index in [0.717, 1.165) is 30.0 Å². The zero-order valence-corrected chi connectivity index (χ0v) is 13.2. The van der Waals surface area contributed by atoms with Gasteiger partial charge in [0, 0.05) is 16.3 Å². The lowest BCUT2D eigenvalue weighted by molar-refractivity contribution is -0.117. The third kappa shape index (κ3) is 2.18. The molecule has 1 amide bonds. The van der Waals surface area contributed by atoms with E-state index in [0.29, 0.717) is 0 Å². The molecule has 112 valence electrons. The van der Waals surface area contributed by atoms with Crippen LogP contribution in [0.4, 0.5) is 5.69 Å². The molecule has 22 heavy (non-hydrogen) atoms. The Kier molecular flexibility index (Phi) is 3.15. The first-order valence-corrected chi connectivity index (χ1v) is 8.41. The van der Waals surface area contributed by atoms with Crippen molar-refractivity contribution in [3.8, 4) is 5.75 Å². The molecule has 1 heterocycles. The van der Waals surface area contributed by atoms with Crippen molar-refractivity contribution in [3.05, 3.63) is 53.6 Å². The maximum Gasteiger partial charge on any atom is 0.235 e. The molecule has 2 aromatic carbocycles. The van der Waals surface area contributed by atoms with Gasteiger partial charge in [-0.05, 0) is 48.2 Å². The molecule has 1 saturated carbocycles. The maximum atomic E-state index is 12.0. The van der Waals surface area contributed by atoms with Crippen molar-refractivity contribution < 1.29 is 9.53 Å². The van der Waals surface area contributed by atoms with Gasteiger partial charge < -0.3 is 10.1 Å². The Morgan fingerprint density at radius 1 is 1.18 bits per heavy atom. The highest BCUT2D eigenvalue weighted by Crippen LogP contribution is 2.55. The Morgan fingerprint density at radius 2 is 1.95 bits per heavy atom. The average molecular weight is 311 g/mol. The number of nitrogens with one attached hydrogen (secondary N) is 1. The van der Waals surface area contributed by atoms with Crippen molar-refractivity contribution in [2.75, 3.05) is 12.4 Å². The van der Waals surface area contributed by atoms with Gasteiger partial charge in [0.1, 0.15) is 5.75 Å². The number of hydrogen-bond acceptors (Lipinski definition) is 3. The van der Waals surface area contributed by atoms with E-state index in [9.17, 15) is 4.79 Å². The molecular formula is C18H17NO2S. The Labute approximate surface area is 134 Å². The number of rotatable bonds is 4. The Bertz CT molecular complexity index is 735. The van der Waals surface area contributed by atoms with Gasteiger partial charge in [-0.1, -0.05) is 18.2 Å². The molecule has 0 saturated heterocycles. The Morgan fingerprint density at radius 3 is 2.64 bits per heavy atom. The molecule has 1 spiro atoms. The summed E-state index contributed by atoms with van der Waals surface area (Å²) in [5.41, 5.74) is 3.26. The van der Waals surface area contributed by atoms with Crippen molar-refractivity contribution in [1.82, 2.24) is 0 Å². The summed E-state index contributed by atoms with van der Waals surface area (Å²) in [6, 6.07) is 14.5. The number of fused-ring (bicyclic) bond motifs is 2. The van der Waals surface area contributed by atoms with E-state index in [-0.39, 0.29) is 11.3 Å². The number of thioether (sulfide) groups is 1. The molecule has 0 radical (unpaired) electrons. The topological polar surface area (TPSA) is 38.3 Å². The van der Waals surface area contributed by atoms with E-state index in [4.69, 9.17) is 4.74 Å². The predicted molar refractivity (Wildman–Crippen MR) is 88.5 cm³/mol. The summed E-state index contributed by atoms with van der Waals surface area (Å²) in [6.07, 6.45) is 1.98. The summed E-state index contributed by atoms with van der Waals surface area (Å²) in [5.74, 6) is 1.96. The molecule has 0 unspecified atom stereocenters. The summed E-state index contributed by atoms with van der Waals surface area (Å²) in [7, 11) is 1.68. The van der Waals surface area contributed by atoms with Crippen molar-refractivity contribution in [1.29, 1.82) is 0 Å². The fourth-order valence-corrected chi connectivity index (χ4v) is 3.90. The van der Waals surface area contributed by atoms with Crippen LogP contribution in [0, 0.1) is 0 Å². The minimum absolute atomic E-state index is 0.180. The van der Waals surface area contributed by atoms with Crippen molar-refractivity contribution in [2.45, 2.75) is 28.9 Å². The first-order chi connectivity index (χ1) is 10.7. The standard InChI is InChI=1S/C18H17NO2S/c1-21-13-4-2-12(3-5-13)11-22-14-6-7-15-16(10-14)19-17(20)18(15)8-9-18/h2-7,10H,8-9,11H2,1H3,(H,19,20). The first kappa shape index (κ1) is 13.7. The van der Waals surface area contributed by atoms with Gasteiger partial charge in [-0.2, -0.15) is 0 Å². The summed E-state index contributed by atoms with van der Waals surface area (Å²) in [4.78, 5) is 13.2. The Hall–Kier alpha value is -1.94. The second-order valence-corrected chi connectivity index (χ2v) is 6.93. The highest BCUT2D eigenvalue weighted by atomic mass is 32.2. The van der Waals surface area contributed by atoms with Gasteiger partial charge in [-0.25, -0.2) is 0 Å². The molecule has 0 aromatic heterocycles. The number of amides is 1. The average Bonchev–Trinajstić information content (AvgIpc) is 3.30. The first-order valence-electron chi connectivity index (χ1n) is 7.43. The van der Waals surface area contributed by atoms with Crippen LogP contribution < -0.4 is 10.1 Å². The third-order valence-electron chi connectivity index (χ3n) is 4.50. The van der Waals surface area contributed by atoms with Crippen LogP contribution in [0.15, 0.2) is 47.4 Å². The molecule has 2 aliphatic rings. The van der Waals surface area contributed by atoms with Gasteiger partial charge >= 0.3 is 0 Å². The molecule has 0 atom stereocenters. The minimum Gasteiger partial charge on any atom is -0.497 e. The van der Waals surface area contributed by atoms with Gasteiger partial charge in [-0.15, -0.1) is 11.8 Å². The van der Waals surface area contributed by atoms with E-state index >= 15 is 0 Å².